The van der Waals surface area contributed by atoms with Gasteiger partial charge in [0.15, 0.2) is 5.82 Å². The van der Waals surface area contributed by atoms with Crippen molar-refractivity contribution < 1.29 is 0 Å². The van der Waals surface area contributed by atoms with Gasteiger partial charge in [0.1, 0.15) is 4.99 Å². The first kappa shape index (κ1) is 14.9. The molecule has 0 saturated carbocycles. The number of rotatable bonds is 4. The fraction of sp³-hybridized carbons (Fsp3) is 0.188. The molecule has 0 aliphatic carbocycles. The third-order valence-electron chi connectivity index (χ3n) is 3.18. The molecule has 1 heterocycles. The molecule has 5 heteroatoms. The zero-order valence-corrected chi connectivity index (χ0v) is 12.8. The summed E-state index contributed by atoms with van der Waals surface area (Å²) in [7, 11) is 1.85. The van der Waals surface area contributed by atoms with E-state index in [2.05, 4.69) is 11.1 Å². The van der Waals surface area contributed by atoms with Gasteiger partial charge in [-0.15, -0.1) is 0 Å². The number of thiocarbonyl (C=S) groups is 1. The van der Waals surface area contributed by atoms with Gasteiger partial charge < -0.3 is 9.47 Å². The maximum atomic E-state index is 9.04. The van der Waals surface area contributed by atoms with Crippen LogP contribution in [0.2, 0.25) is 0 Å². The van der Waals surface area contributed by atoms with Crippen molar-refractivity contribution >= 4 is 22.9 Å². The maximum absolute atomic E-state index is 9.04. The van der Waals surface area contributed by atoms with Crippen LogP contribution in [0.4, 0.5) is 0 Å². The Balaban J connectivity index is 2.37. The van der Waals surface area contributed by atoms with E-state index in [-0.39, 0.29) is 0 Å². The summed E-state index contributed by atoms with van der Waals surface area (Å²) in [5.41, 5.74) is 1.70. The molecule has 0 aliphatic heterocycles. The summed E-state index contributed by atoms with van der Waals surface area (Å²) < 4.78 is 1.98. The normalized spacial score (nSPS) is 11.0. The zero-order chi connectivity index (χ0) is 15.2. The summed E-state index contributed by atoms with van der Waals surface area (Å²) >= 11 is 5.53. The van der Waals surface area contributed by atoms with Gasteiger partial charge in [0.2, 0.25) is 0 Å². The van der Waals surface area contributed by atoms with Crippen LogP contribution in [0.15, 0.2) is 48.8 Å². The molecule has 0 spiro atoms. The Morgan fingerprint density at radius 3 is 2.76 bits per heavy atom. The van der Waals surface area contributed by atoms with Crippen molar-refractivity contribution in [2.45, 2.75) is 13.5 Å². The second kappa shape index (κ2) is 6.82. The molecule has 0 unspecified atom stereocenters. The molecular formula is C16H16N4S. The highest BCUT2D eigenvalue weighted by molar-refractivity contribution is 7.80. The number of hydrogen-bond donors (Lipinski definition) is 0. The lowest BCUT2D eigenvalue weighted by Crippen LogP contribution is -2.27. The van der Waals surface area contributed by atoms with Gasteiger partial charge in [0.25, 0.3) is 0 Å². The molecule has 0 atom stereocenters. The van der Waals surface area contributed by atoms with Crippen LogP contribution in [-0.2, 0) is 6.54 Å². The van der Waals surface area contributed by atoms with Crippen molar-refractivity contribution in [2.24, 2.45) is 0 Å². The van der Waals surface area contributed by atoms with Gasteiger partial charge in [0, 0.05) is 32.1 Å². The van der Waals surface area contributed by atoms with E-state index < -0.39 is 0 Å². The van der Waals surface area contributed by atoms with Crippen molar-refractivity contribution in [3.63, 3.8) is 0 Å². The van der Waals surface area contributed by atoms with Gasteiger partial charge in [-0.25, -0.2) is 4.98 Å². The lowest BCUT2D eigenvalue weighted by molar-refractivity contribution is 0.696. The van der Waals surface area contributed by atoms with Crippen molar-refractivity contribution in [1.29, 1.82) is 5.26 Å². The molecule has 2 rings (SSSR count). The smallest absolute Gasteiger partial charge is 0.168 e. The third kappa shape index (κ3) is 3.18. The van der Waals surface area contributed by atoms with E-state index in [4.69, 9.17) is 17.5 Å². The molecule has 4 nitrogen and oxygen atoms in total. The Kier molecular flexibility index (Phi) is 4.85. The minimum atomic E-state index is 0.590. The van der Waals surface area contributed by atoms with E-state index >= 15 is 0 Å². The van der Waals surface area contributed by atoms with E-state index in [9.17, 15) is 0 Å². The minimum absolute atomic E-state index is 0.590. The molecule has 0 bridgehead atoms. The van der Waals surface area contributed by atoms with E-state index in [1.54, 1.807) is 6.20 Å². The van der Waals surface area contributed by atoms with Gasteiger partial charge in [-0.05, 0) is 12.5 Å². The van der Waals surface area contributed by atoms with Gasteiger partial charge >= 0.3 is 0 Å². The molecule has 2 aromatic rings. The average Bonchev–Trinajstić information content (AvgIpc) is 3.00. The van der Waals surface area contributed by atoms with Crippen molar-refractivity contribution in [2.75, 3.05) is 7.05 Å². The lowest BCUT2D eigenvalue weighted by atomic mass is 10.1. The molecule has 21 heavy (non-hydrogen) atoms. The number of hydrogen-bond acceptors (Lipinski definition) is 3. The second-order valence-corrected chi connectivity index (χ2v) is 4.81. The van der Waals surface area contributed by atoms with Crippen LogP contribution in [0, 0.1) is 11.3 Å². The highest BCUT2D eigenvalue weighted by atomic mass is 32.1. The Morgan fingerprint density at radius 1 is 1.43 bits per heavy atom. The summed E-state index contributed by atoms with van der Waals surface area (Å²) in [5.74, 6) is 0.731. The van der Waals surface area contributed by atoms with E-state index in [1.165, 1.54) is 6.08 Å². The van der Waals surface area contributed by atoms with Crippen molar-refractivity contribution in [1.82, 2.24) is 14.5 Å². The quantitative estimate of drug-likeness (QED) is 0.642. The van der Waals surface area contributed by atoms with E-state index in [1.807, 2.05) is 60.0 Å². The lowest BCUT2D eigenvalue weighted by Gasteiger charge is -2.23. The number of nitriles is 1. The van der Waals surface area contributed by atoms with E-state index in [0.717, 1.165) is 23.6 Å². The fourth-order valence-corrected chi connectivity index (χ4v) is 2.33. The predicted octanol–water partition coefficient (Wildman–Crippen LogP) is 3.07. The largest absolute Gasteiger partial charge is 0.332 e. The first-order chi connectivity index (χ1) is 10.2. The maximum Gasteiger partial charge on any atom is 0.168 e. The van der Waals surface area contributed by atoms with Gasteiger partial charge in [0.05, 0.1) is 11.8 Å². The van der Waals surface area contributed by atoms with Gasteiger partial charge in [-0.2, -0.15) is 5.26 Å². The molecule has 1 aromatic carbocycles. The molecule has 106 valence electrons. The van der Waals surface area contributed by atoms with Crippen LogP contribution in [0.25, 0.3) is 5.70 Å². The molecule has 0 radical (unpaired) electrons. The summed E-state index contributed by atoms with van der Waals surface area (Å²) in [6, 6.07) is 11.8. The first-order valence-electron chi connectivity index (χ1n) is 6.63. The number of aromatic nitrogens is 2. The Bertz CT molecular complexity index is 695. The number of imidazole rings is 1. The SMILES string of the molecule is CCn1ccnc1C(=S)N(C)/C(=C\C#N)c1ccccc1. The highest BCUT2D eigenvalue weighted by Gasteiger charge is 2.17. The molecule has 0 saturated heterocycles. The van der Waals surface area contributed by atoms with Crippen LogP contribution >= 0.6 is 12.2 Å². The zero-order valence-electron chi connectivity index (χ0n) is 12.0. The fourth-order valence-electron chi connectivity index (χ4n) is 2.07. The Hall–Kier alpha value is -2.45. The van der Waals surface area contributed by atoms with Gasteiger partial charge in [-0.3, -0.25) is 0 Å². The Labute approximate surface area is 130 Å². The number of benzene rings is 1. The highest BCUT2D eigenvalue weighted by Crippen LogP contribution is 2.20. The van der Waals surface area contributed by atoms with Crippen LogP contribution in [0.1, 0.15) is 18.3 Å². The second-order valence-electron chi connectivity index (χ2n) is 4.43. The predicted molar refractivity (Wildman–Crippen MR) is 87.4 cm³/mol. The van der Waals surface area contributed by atoms with Crippen LogP contribution in [0.3, 0.4) is 0 Å². The average molecular weight is 296 g/mol. The van der Waals surface area contributed by atoms with Crippen LogP contribution < -0.4 is 0 Å². The topological polar surface area (TPSA) is 44.9 Å². The first-order valence-corrected chi connectivity index (χ1v) is 7.04. The summed E-state index contributed by atoms with van der Waals surface area (Å²) in [6.45, 7) is 2.84. The number of allylic oxidation sites excluding steroid dienone is 1. The van der Waals surface area contributed by atoms with E-state index in [0.29, 0.717) is 4.99 Å². The molecule has 1 aromatic heterocycles. The molecular weight excluding hydrogens is 280 g/mol. The minimum Gasteiger partial charge on any atom is -0.332 e. The summed E-state index contributed by atoms with van der Waals surface area (Å²) in [5, 5.41) is 9.04. The van der Waals surface area contributed by atoms with Crippen molar-refractivity contribution in [3.8, 4) is 6.07 Å². The molecule has 0 N–H and O–H groups in total. The third-order valence-corrected chi connectivity index (χ3v) is 3.64. The monoisotopic (exact) mass is 296 g/mol. The van der Waals surface area contributed by atoms with Gasteiger partial charge in [-0.1, -0.05) is 42.5 Å². The molecule has 0 fully saturated rings. The molecule has 0 aliphatic rings. The summed E-state index contributed by atoms with van der Waals surface area (Å²) in [4.78, 5) is 6.73. The number of aryl methyl sites for hydroxylation is 1. The number of nitrogens with zero attached hydrogens (tertiary/aromatic N) is 4. The summed E-state index contributed by atoms with van der Waals surface area (Å²) in [6.07, 6.45) is 5.13. The Morgan fingerprint density at radius 2 is 2.14 bits per heavy atom. The molecule has 0 amide bonds. The van der Waals surface area contributed by atoms with Crippen LogP contribution in [0.5, 0.6) is 0 Å². The van der Waals surface area contributed by atoms with Crippen molar-refractivity contribution in [3.05, 3.63) is 60.2 Å². The standard InChI is InChI=1S/C16H16N4S/c1-3-20-12-11-18-15(20)16(21)19(2)14(9-10-17)13-7-5-4-6-8-13/h4-9,11-12H,3H2,1-2H3/b14-9-. The van der Waals surface area contributed by atoms with Crippen LogP contribution in [-0.4, -0.2) is 26.5 Å².